The van der Waals surface area contributed by atoms with Gasteiger partial charge in [0.15, 0.2) is 5.75 Å². The second kappa shape index (κ2) is 4.09. The highest BCUT2D eigenvalue weighted by molar-refractivity contribution is 6.39. The quantitative estimate of drug-likeness (QED) is 0.738. The average molecular weight is 240 g/mol. The third kappa shape index (κ3) is 1.78. The smallest absolute Gasteiger partial charge is 0.171 e. The van der Waals surface area contributed by atoms with Crippen molar-refractivity contribution in [3.63, 3.8) is 0 Å². The molecule has 0 saturated carbocycles. The van der Waals surface area contributed by atoms with Crippen LogP contribution in [0.4, 0.5) is 0 Å². The molecule has 2 aromatic rings. The molecule has 0 N–H and O–H groups in total. The van der Waals surface area contributed by atoms with Gasteiger partial charge in [-0.05, 0) is 18.2 Å². The molecule has 0 amide bonds. The zero-order chi connectivity index (χ0) is 10.8. The predicted octanol–water partition coefficient (Wildman–Crippen LogP) is 4.06. The summed E-state index contributed by atoms with van der Waals surface area (Å²) in [6.45, 7) is 3.48. The lowest BCUT2D eigenvalue weighted by Gasteiger charge is -2.07. The van der Waals surface area contributed by atoms with E-state index in [0.29, 0.717) is 21.3 Å². The van der Waals surface area contributed by atoms with Crippen molar-refractivity contribution >= 4 is 34.1 Å². The summed E-state index contributed by atoms with van der Waals surface area (Å²) in [6.07, 6.45) is 2.97. The van der Waals surface area contributed by atoms with Crippen molar-refractivity contribution < 1.29 is 4.74 Å². The monoisotopic (exact) mass is 239 g/mol. The standard InChI is InChI=1S/C11H7Cl2NO/c1-2-15-11-9(13)6-8(12)7-4-3-5-14-10(7)11/h2-6H,1H2. The lowest BCUT2D eigenvalue weighted by molar-refractivity contribution is 0.488. The minimum atomic E-state index is 0.422. The Kier molecular flexibility index (Phi) is 2.80. The summed E-state index contributed by atoms with van der Waals surface area (Å²) in [4.78, 5) is 4.18. The van der Waals surface area contributed by atoms with E-state index in [1.807, 2.05) is 6.07 Å². The molecular formula is C11H7Cl2NO. The van der Waals surface area contributed by atoms with Gasteiger partial charge in [0.1, 0.15) is 5.52 Å². The van der Waals surface area contributed by atoms with Crippen LogP contribution in [0.5, 0.6) is 5.75 Å². The number of pyridine rings is 1. The van der Waals surface area contributed by atoms with Crippen molar-refractivity contribution in [2.45, 2.75) is 0 Å². The third-order valence-electron chi connectivity index (χ3n) is 1.95. The molecule has 4 heteroatoms. The van der Waals surface area contributed by atoms with Crippen LogP contribution in [0.3, 0.4) is 0 Å². The fourth-order valence-electron chi connectivity index (χ4n) is 1.34. The number of fused-ring (bicyclic) bond motifs is 1. The normalized spacial score (nSPS) is 10.3. The highest BCUT2D eigenvalue weighted by atomic mass is 35.5. The lowest BCUT2D eigenvalue weighted by Crippen LogP contribution is -1.88. The molecule has 0 aliphatic carbocycles. The van der Waals surface area contributed by atoms with Gasteiger partial charge in [0.05, 0.1) is 16.3 Å². The van der Waals surface area contributed by atoms with Crippen molar-refractivity contribution in [3.8, 4) is 5.75 Å². The molecule has 0 saturated heterocycles. The van der Waals surface area contributed by atoms with Crippen LogP contribution in [0, 0.1) is 0 Å². The number of hydrogen-bond acceptors (Lipinski definition) is 2. The third-order valence-corrected chi connectivity index (χ3v) is 2.55. The predicted molar refractivity (Wildman–Crippen MR) is 62.6 cm³/mol. The first-order valence-electron chi connectivity index (χ1n) is 4.24. The molecular weight excluding hydrogens is 233 g/mol. The summed E-state index contributed by atoms with van der Waals surface area (Å²) in [7, 11) is 0. The van der Waals surface area contributed by atoms with E-state index in [0.717, 1.165) is 5.39 Å². The summed E-state index contributed by atoms with van der Waals surface area (Å²) in [6, 6.07) is 5.29. The molecule has 2 rings (SSSR count). The Hall–Kier alpha value is -1.25. The van der Waals surface area contributed by atoms with Crippen LogP contribution in [0.1, 0.15) is 0 Å². The van der Waals surface area contributed by atoms with E-state index in [-0.39, 0.29) is 0 Å². The number of halogens is 2. The maximum Gasteiger partial charge on any atom is 0.171 e. The van der Waals surface area contributed by atoms with Gasteiger partial charge in [0.25, 0.3) is 0 Å². The van der Waals surface area contributed by atoms with Gasteiger partial charge < -0.3 is 4.74 Å². The Labute approximate surface area is 97.1 Å². The minimum Gasteiger partial charge on any atom is -0.462 e. The number of hydrogen-bond donors (Lipinski definition) is 0. The van der Waals surface area contributed by atoms with Gasteiger partial charge in [0.2, 0.25) is 0 Å². The van der Waals surface area contributed by atoms with Crippen LogP contribution in [0.15, 0.2) is 37.2 Å². The highest BCUT2D eigenvalue weighted by Crippen LogP contribution is 2.36. The van der Waals surface area contributed by atoms with E-state index in [4.69, 9.17) is 27.9 Å². The average Bonchev–Trinajstić information content (AvgIpc) is 2.24. The topological polar surface area (TPSA) is 22.1 Å². The van der Waals surface area contributed by atoms with Gasteiger partial charge in [-0.1, -0.05) is 29.8 Å². The molecule has 0 unspecified atom stereocenters. The van der Waals surface area contributed by atoms with Gasteiger partial charge >= 0.3 is 0 Å². The van der Waals surface area contributed by atoms with Gasteiger partial charge in [-0.15, -0.1) is 0 Å². The molecule has 2 nitrogen and oxygen atoms in total. The zero-order valence-electron chi connectivity index (χ0n) is 7.71. The second-order valence-electron chi connectivity index (χ2n) is 2.85. The fraction of sp³-hybridized carbons (Fsp3) is 0. The Bertz CT molecular complexity index is 525. The first-order chi connectivity index (χ1) is 7.24. The maximum absolute atomic E-state index is 6.03. The van der Waals surface area contributed by atoms with Crippen LogP contribution in [0.2, 0.25) is 10.0 Å². The Morgan fingerprint density at radius 1 is 1.33 bits per heavy atom. The SMILES string of the molecule is C=COc1c(Cl)cc(Cl)c2cccnc12. The number of ether oxygens (including phenoxy) is 1. The fourth-order valence-corrected chi connectivity index (χ4v) is 1.90. The molecule has 0 aliphatic rings. The van der Waals surface area contributed by atoms with E-state index in [1.165, 1.54) is 6.26 Å². The number of aromatic nitrogens is 1. The maximum atomic E-state index is 6.03. The molecule has 0 fully saturated rings. The van der Waals surface area contributed by atoms with Gasteiger partial charge in [0, 0.05) is 11.6 Å². The Balaban J connectivity index is 2.83. The first kappa shape index (κ1) is 10.3. The molecule has 0 aliphatic heterocycles. The zero-order valence-corrected chi connectivity index (χ0v) is 9.22. The molecule has 76 valence electrons. The van der Waals surface area contributed by atoms with Gasteiger partial charge in [-0.3, -0.25) is 4.98 Å². The Morgan fingerprint density at radius 3 is 2.87 bits per heavy atom. The van der Waals surface area contributed by atoms with Crippen molar-refractivity contribution in [3.05, 3.63) is 47.3 Å². The Morgan fingerprint density at radius 2 is 2.13 bits per heavy atom. The summed E-state index contributed by atoms with van der Waals surface area (Å²) in [5.74, 6) is 0.478. The van der Waals surface area contributed by atoms with Crippen LogP contribution in [0.25, 0.3) is 10.9 Å². The van der Waals surface area contributed by atoms with E-state index in [2.05, 4.69) is 11.6 Å². The van der Waals surface area contributed by atoms with Crippen LogP contribution >= 0.6 is 23.2 Å². The number of rotatable bonds is 2. The van der Waals surface area contributed by atoms with Crippen LogP contribution in [-0.2, 0) is 0 Å². The van der Waals surface area contributed by atoms with Gasteiger partial charge in [-0.25, -0.2) is 0 Å². The molecule has 1 heterocycles. The van der Waals surface area contributed by atoms with Crippen molar-refractivity contribution in [1.29, 1.82) is 0 Å². The van der Waals surface area contributed by atoms with E-state index in [9.17, 15) is 0 Å². The molecule has 1 aromatic heterocycles. The lowest BCUT2D eigenvalue weighted by atomic mass is 10.2. The van der Waals surface area contributed by atoms with E-state index >= 15 is 0 Å². The second-order valence-corrected chi connectivity index (χ2v) is 3.67. The molecule has 0 spiro atoms. The van der Waals surface area contributed by atoms with Crippen molar-refractivity contribution in [2.75, 3.05) is 0 Å². The summed E-state index contributed by atoms with van der Waals surface area (Å²) >= 11 is 12.0. The van der Waals surface area contributed by atoms with E-state index in [1.54, 1.807) is 18.3 Å². The van der Waals surface area contributed by atoms with Crippen LogP contribution < -0.4 is 4.74 Å². The van der Waals surface area contributed by atoms with Crippen LogP contribution in [-0.4, -0.2) is 4.98 Å². The molecule has 1 aromatic carbocycles. The number of benzene rings is 1. The molecule has 0 bridgehead atoms. The summed E-state index contributed by atoms with van der Waals surface area (Å²) in [5, 5.41) is 1.78. The number of nitrogens with zero attached hydrogens (tertiary/aromatic N) is 1. The summed E-state index contributed by atoms with van der Waals surface area (Å²) in [5.41, 5.74) is 0.634. The van der Waals surface area contributed by atoms with Crippen molar-refractivity contribution in [1.82, 2.24) is 4.98 Å². The molecule has 15 heavy (non-hydrogen) atoms. The van der Waals surface area contributed by atoms with E-state index < -0.39 is 0 Å². The highest BCUT2D eigenvalue weighted by Gasteiger charge is 2.11. The molecule has 0 radical (unpaired) electrons. The molecule has 0 atom stereocenters. The van der Waals surface area contributed by atoms with Crippen molar-refractivity contribution in [2.24, 2.45) is 0 Å². The first-order valence-corrected chi connectivity index (χ1v) is 5.00. The minimum absolute atomic E-state index is 0.422. The largest absolute Gasteiger partial charge is 0.462 e. The van der Waals surface area contributed by atoms with Gasteiger partial charge in [-0.2, -0.15) is 0 Å². The summed E-state index contributed by atoms with van der Waals surface area (Å²) < 4.78 is 5.22.